The number of halogens is 1. The highest BCUT2D eigenvalue weighted by atomic mass is 32.2. The molecule has 0 heterocycles. The fourth-order valence-corrected chi connectivity index (χ4v) is 2.59. The molecule has 2 rings (SSSR count). The van der Waals surface area contributed by atoms with Gasteiger partial charge in [-0.3, -0.25) is 9.59 Å². The van der Waals surface area contributed by atoms with E-state index >= 15 is 0 Å². The smallest absolute Gasteiger partial charge is 0.231 e. The molecule has 1 N–H and O–H groups in total. The second kappa shape index (κ2) is 8.90. The molecule has 2 aromatic rings. The number of hydrogen-bond donors (Lipinski definition) is 1. The van der Waals surface area contributed by atoms with Gasteiger partial charge < -0.3 is 5.32 Å². The molecule has 1 amide bonds. The summed E-state index contributed by atoms with van der Waals surface area (Å²) in [6.45, 7) is 1.62. The minimum absolute atomic E-state index is 0.0867. The van der Waals surface area contributed by atoms with Gasteiger partial charge in [-0.1, -0.05) is 36.1 Å². The van der Waals surface area contributed by atoms with E-state index in [2.05, 4.69) is 17.2 Å². The van der Waals surface area contributed by atoms with Crippen LogP contribution < -0.4 is 5.32 Å². The summed E-state index contributed by atoms with van der Waals surface area (Å²) >= 11 is 1.08. The fourth-order valence-electron chi connectivity index (χ4n) is 1.84. The summed E-state index contributed by atoms with van der Waals surface area (Å²) in [6, 6.07) is 13.7. The van der Waals surface area contributed by atoms with E-state index in [1.165, 1.54) is 19.1 Å². The fraction of sp³-hybridized carbons (Fsp3) is 0.158. The molecule has 3 nitrogen and oxygen atoms in total. The van der Waals surface area contributed by atoms with E-state index in [1.807, 2.05) is 30.3 Å². The maximum Gasteiger partial charge on any atom is 0.231 e. The van der Waals surface area contributed by atoms with Crippen LogP contribution in [0.5, 0.6) is 0 Å². The lowest BCUT2D eigenvalue weighted by molar-refractivity contribution is -0.118. The number of thioether (sulfide) groups is 1. The molecular formula is C19H16FNO2S. The maximum absolute atomic E-state index is 13.8. The number of carbonyl (C=O) groups is 2. The van der Waals surface area contributed by atoms with Crippen LogP contribution in [0.4, 0.5) is 4.39 Å². The van der Waals surface area contributed by atoms with E-state index in [-0.39, 0.29) is 24.0 Å². The minimum atomic E-state index is -0.496. The zero-order valence-corrected chi connectivity index (χ0v) is 14.0. The Morgan fingerprint density at radius 2 is 1.92 bits per heavy atom. The molecule has 0 atom stereocenters. The standard InChI is InChI=1S/C19H16FNO2S/c1-14(22)16-9-10-18(17(20)12-16)24-13-19(23)21-11-5-8-15-6-3-2-4-7-15/h2-4,6-7,9-10,12H,11,13H2,1H3,(H,21,23). The van der Waals surface area contributed by atoms with Gasteiger partial charge >= 0.3 is 0 Å². The molecule has 0 aromatic heterocycles. The van der Waals surface area contributed by atoms with Crippen LogP contribution in [-0.4, -0.2) is 24.0 Å². The molecule has 0 radical (unpaired) electrons. The van der Waals surface area contributed by atoms with Crippen molar-refractivity contribution in [3.8, 4) is 11.8 Å². The summed E-state index contributed by atoms with van der Waals surface area (Å²) in [5.41, 5.74) is 1.20. The van der Waals surface area contributed by atoms with Crippen LogP contribution in [0.3, 0.4) is 0 Å². The van der Waals surface area contributed by atoms with Crippen LogP contribution in [0.25, 0.3) is 0 Å². The molecule has 0 fully saturated rings. The monoisotopic (exact) mass is 341 g/mol. The first-order chi connectivity index (χ1) is 11.6. The number of hydrogen-bond acceptors (Lipinski definition) is 3. The first kappa shape index (κ1) is 17.8. The van der Waals surface area contributed by atoms with Crippen molar-refractivity contribution >= 4 is 23.5 Å². The van der Waals surface area contributed by atoms with Gasteiger partial charge in [0.05, 0.1) is 12.3 Å². The van der Waals surface area contributed by atoms with Crippen LogP contribution >= 0.6 is 11.8 Å². The van der Waals surface area contributed by atoms with Gasteiger partial charge in [0.25, 0.3) is 0 Å². The van der Waals surface area contributed by atoms with Crippen molar-refractivity contribution in [3.63, 3.8) is 0 Å². The lowest BCUT2D eigenvalue weighted by Crippen LogP contribution is -2.25. The largest absolute Gasteiger partial charge is 0.344 e. The van der Waals surface area contributed by atoms with Gasteiger partial charge in [0.15, 0.2) is 5.78 Å². The molecule has 2 aromatic carbocycles. The predicted molar refractivity (Wildman–Crippen MR) is 93.5 cm³/mol. The highest BCUT2D eigenvalue weighted by molar-refractivity contribution is 8.00. The first-order valence-electron chi connectivity index (χ1n) is 7.30. The number of nitrogens with one attached hydrogen (secondary N) is 1. The molecule has 0 unspecified atom stereocenters. The molecule has 5 heteroatoms. The van der Waals surface area contributed by atoms with Gasteiger partial charge in [-0.05, 0) is 31.2 Å². The lowest BCUT2D eigenvalue weighted by atomic mass is 10.1. The van der Waals surface area contributed by atoms with Gasteiger partial charge in [0.1, 0.15) is 5.82 Å². The summed E-state index contributed by atoms with van der Waals surface area (Å²) in [5.74, 6) is 4.97. The van der Waals surface area contributed by atoms with Crippen LogP contribution in [0, 0.1) is 17.7 Å². The number of Topliss-reactive ketones (excluding diaryl/α,β-unsaturated/α-hetero) is 1. The maximum atomic E-state index is 13.8. The Hall–Kier alpha value is -2.58. The molecule has 0 saturated heterocycles. The SMILES string of the molecule is CC(=O)c1ccc(SCC(=O)NCC#Cc2ccccc2)c(F)c1. The van der Waals surface area contributed by atoms with E-state index in [0.717, 1.165) is 17.3 Å². The summed E-state index contributed by atoms with van der Waals surface area (Å²) < 4.78 is 13.8. The average molecular weight is 341 g/mol. The van der Waals surface area contributed by atoms with Gasteiger partial charge in [-0.15, -0.1) is 11.8 Å². The predicted octanol–water partition coefficient (Wildman–Crippen LogP) is 3.29. The molecule has 0 aliphatic carbocycles. The van der Waals surface area contributed by atoms with Crippen LogP contribution in [0.2, 0.25) is 0 Å². The quantitative estimate of drug-likeness (QED) is 0.516. The van der Waals surface area contributed by atoms with E-state index < -0.39 is 5.82 Å². The zero-order chi connectivity index (χ0) is 17.4. The average Bonchev–Trinajstić information content (AvgIpc) is 2.58. The molecule has 0 spiro atoms. The Morgan fingerprint density at radius 3 is 2.58 bits per heavy atom. The number of carbonyl (C=O) groups excluding carboxylic acids is 2. The Balaban J connectivity index is 1.79. The first-order valence-corrected chi connectivity index (χ1v) is 8.29. The second-order valence-corrected chi connectivity index (χ2v) is 5.95. The van der Waals surface area contributed by atoms with E-state index in [9.17, 15) is 14.0 Å². The minimum Gasteiger partial charge on any atom is -0.344 e. The van der Waals surface area contributed by atoms with Crippen LogP contribution in [0.15, 0.2) is 53.4 Å². The van der Waals surface area contributed by atoms with Crippen molar-refractivity contribution in [3.05, 3.63) is 65.5 Å². The van der Waals surface area contributed by atoms with Gasteiger partial charge in [0.2, 0.25) is 5.91 Å². The summed E-state index contributed by atoms with van der Waals surface area (Å²) in [7, 11) is 0. The Bertz CT molecular complexity index is 794. The lowest BCUT2D eigenvalue weighted by Gasteiger charge is -2.04. The zero-order valence-electron chi connectivity index (χ0n) is 13.1. The van der Waals surface area contributed by atoms with E-state index in [0.29, 0.717) is 10.5 Å². The summed E-state index contributed by atoms with van der Waals surface area (Å²) in [4.78, 5) is 23.3. The van der Waals surface area contributed by atoms with Crippen molar-refractivity contribution in [1.82, 2.24) is 5.32 Å². The molecule has 0 aliphatic rings. The Kier molecular flexibility index (Phi) is 6.59. The van der Waals surface area contributed by atoms with Crippen LogP contribution in [-0.2, 0) is 4.79 Å². The van der Waals surface area contributed by atoms with E-state index in [1.54, 1.807) is 6.07 Å². The van der Waals surface area contributed by atoms with Crippen molar-refractivity contribution in [2.75, 3.05) is 12.3 Å². The van der Waals surface area contributed by atoms with Gasteiger partial charge in [-0.2, -0.15) is 0 Å². The third-order valence-electron chi connectivity index (χ3n) is 3.08. The molecule has 0 aliphatic heterocycles. The number of benzene rings is 2. The van der Waals surface area contributed by atoms with E-state index in [4.69, 9.17) is 0 Å². The van der Waals surface area contributed by atoms with Gasteiger partial charge in [-0.25, -0.2) is 4.39 Å². The molecular weight excluding hydrogens is 325 g/mol. The highest BCUT2D eigenvalue weighted by Crippen LogP contribution is 2.22. The van der Waals surface area contributed by atoms with Crippen LogP contribution in [0.1, 0.15) is 22.8 Å². The summed E-state index contributed by atoms with van der Waals surface area (Å²) in [6.07, 6.45) is 0. The number of ketones is 1. The van der Waals surface area contributed by atoms with Gasteiger partial charge in [0, 0.05) is 16.0 Å². The summed E-state index contributed by atoms with van der Waals surface area (Å²) in [5, 5.41) is 2.66. The van der Waals surface area contributed by atoms with Crippen molar-refractivity contribution in [2.45, 2.75) is 11.8 Å². The molecule has 122 valence electrons. The molecule has 24 heavy (non-hydrogen) atoms. The molecule has 0 bridgehead atoms. The van der Waals surface area contributed by atoms with Crippen molar-refractivity contribution in [2.24, 2.45) is 0 Å². The Morgan fingerprint density at radius 1 is 1.17 bits per heavy atom. The second-order valence-electron chi connectivity index (χ2n) is 4.93. The third-order valence-corrected chi connectivity index (χ3v) is 4.13. The third kappa shape index (κ3) is 5.56. The van der Waals surface area contributed by atoms with Crippen molar-refractivity contribution < 1.29 is 14.0 Å². The molecule has 0 saturated carbocycles. The van der Waals surface area contributed by atoms with Crippen molar-refractivity contribution in [1.29, 1.82) is 0 Å². The Labute approximate surface area is 144 Å². The number of amides is 1. The number of rotatable bonds is 5. The normalized spacial score (nSPS) is 9.75. The highest BCUT2D eigenvalue weighted by Gasteiger charge is 2.09. The topological polar surface area (TPSA) is 46.2 Å².